The van der Waals surface area contributed by atoms with Crippen LogP contribution in [0.3, 0.4) is 0 Å². The molecule has 13 rings (SSSR count). The van der Waals surface area contributed by atoms with Gasteiger partial charge in [-0.3, -0.25) is 0 Å². The maximum atomic E-state index is 2.64. The summed E-state index contributed by atoms with van der Waals surface area (Å²) in [5, 5.41) is 2.61. The molecular weight excluding hydrogens is 699 g/mol. The van der Waals surface area contributed by atoms with E-state index in [0.29, 0.717) is 29.6 Å². The second-order valence-corrected chi connectivity index (χ2v) is 17.7. The third kappa shape index (κ3) is 4.83. The van der Waals surface area contributed by atoms with Crippen LogP contribution >= 0.6 is 0 Å². The molecule has 6 aliphatic carbocycles. The predicted molar refractivity (Wildman–Crippen MR) is 244 cm³/mol. The fraction of sp³-hybridized carbons (Fsp3) is 0.228. The molecule has 0 saturated heterocycles. The van der Waals surface area contributed by atoms with E-state index < -0.39 is 0 Å². The largest absolute Gasteiger partial charge is 0.309 e. The van der Waals surface area contributed by atoms with Gasteiger partial charge in [-0.05, 0) is 141 Å². The van der Waals surface area contributed by atoms with Crippen molar-refractivity contribution >= 4 is 39.5 Å². The van der Waals surface area contributed by atoms with Gasteiger partial charge in [0.05, 0.1) is 11.0 Å². The van der Waals surface area contributed by atoms with Crippen molar-refractivity contribution in [2.45, 2.75) is 56.8 Å². The highest BCUT2D eigenvalue weighted by molar-refractivity contribution is 6.09. The lowest BCUT2D eigenvalue weighted by Crippen LogP contribution is -2.48. The Morgan fingerprint density at radius 2 is 1.24 bits per heavy atom. The maximum Gasteiger partial charge on any atom is 0.0541 e. The number of rotatable bonds is 6. The highest BCUT2D eigenvalue weighted by Gasteiger charge is 2.54. The lowest BCUT2D eigenvalue weighted by Gasteiger charge is -2.57. The van der Waals surface area contributed by atoms with Crippen molar-refractivity contribution in [1.82, 2.24) is 4.57 Å². The second-order valence-electron chi connectivity index (χ2n) is 17.7. The van der Waals surface area contributed by atoms with Gasteiger partial charge < -0.3 is 4.57 Å². The van der Waals surface area contributed by atoms with Crippen molar-refractivity contribution < 1.29 is 0 Å². The van der Waals surface area contributed by atoms with E-state index in [1.54, 1.807) is 11.1 Å². The van der Waals surface area contributed by atoms with E-state index in [0.717, 1.165) is 18.8 Å². The number of benzene rings is 6. The topological polar surface area (TPSA) is 4.93 Å². The third-order valence-electron chi connectivity index (χ3n) is 15.4. The Balaban J connectivity index is 0.834. The van der Waals surface area contributed by atoms with Crippen LogP contribution in [0, 0.1) is 23.7 Å². The summed E-state index contributed by atoms with van der Waals surface area (Å²) in [4.78, 5) is 0. The van der Waals surface area contributed by atoms with Gasteiger partial charge in [0.15, 0.2) is 0 Å². The van der Waals surface area contributed by atoms with E-state index in [1.165, 1.54) is 84.9 Å². The van der Waals surface area contributed by atoms with Crippen molar-refractivity contribution in [3.05, 3.63) is 203 Å². The van der Waals surface area contributed by atoms with Crippen LogP contribution in [0.2, 0.25) is 0 Å². The van der Waals surface area contributed by atoms with E-state index in [-0.39, 0.29) is 5.41 Å². The molecular formula is C57H49N. The number of hydrogen-bond acceptors (Lipinski definition) is 0. The Labute approximate surface area is 342 Å². The minimum Gasteiger partial charge on any atom is -0.309 e. The van der Waals surface area contributed by atoms with Crippen molar-refractivity contribution in [3.8, 4) is 16.8 Å². The first-order chi connectivity index (χ1) is 28.6. The van der Waals surface area contributed by atoms with E-state index in [4.69, 9.17) is 0 Å². The first-order valence-electron chi connectivity index (χ1n) is 21.9. The molecule has 0 N–H and O–H groups in total. The van der Waals surface area contributed by atoms with Crippen LogP contribution in [0.5, 0.6) is 0 Å². The summed E-state index contributed by atoms with van der Waals surface area (Å²) in [6.45, 7) is 4.75. The van der Waals surface area contributed by atoms with Gasteiger partial charge in [-0.1, -0.05) is 166 Å². The van der Waals surface area contributed by atoms with Gasteiger partial charge in [0.1, 0.15) is 0 Å². The standard InChI is InChI=1S/C57H49N/c1-3-57(4-2)51-33-37(25-30-41(51)42-32-29-40(35-52(42)57)58-53-19-11-9-13-43(53)44-14-10-12-20-54(44)58)22-21-36-23-26-38(27-24-36)39-28-31-49-50(34-39)56-47-17-7-5-15-45(47)55(49)46-16-6-8-18-48(46)56/h5,7-15,17-35,46,48-50,55-56H,3-4,6,16H2,1-2H3/b22-21+. The van der Waals surface area contributed by atoms with E-state index in [9.17, 15) is 0 Å². The van der Waals surface area contributed by atoms with Crippen molar-refractivity contribution in [3.63, 3.8) is 0 Å². The van der Waals surface area contributed by atoms with Gasteiger partial charge in [0.2, 0.25) is 0 Å². The van der Waals surface area contributed by atoms with Gasteiger partial charge in [-0.15, -0.1) is 0 Å². The van der Waals surface area contributed by atoms with Crippen LogP contribution in [0.1, 0.15) is 90.3 Å². The molecule has 58 heavy (non-hydrogen) atoms. The van der Waals surface area contributed by atoms with Gasteiger partial charge in [0.25, 0.3) is 0 Å². The number of nitrogens with zero attached hydrogens (tertiary/aromatic N) is 1. The summed E-state index contributed by atoms with van der Waals surface area (Å²) >= 11 is 0. The zero-order valence-corrected chi connectivity index (χ0v) is 33.5. The fourth-order valence-electron chi connectivity index (χ4n) is 12.7. The van der Waals surface area contributed by atoms with Gasteiger partial charge in [0, 0.05) is 21.9 Å². The minimum atomic E-state index is -0.0285. The summed E-state index contributed by atoms with van der Waals surface area (Å²) in [7, 11) is 0. The Morgan fingerprint density at radius 1 is 0.603 bits per heavy atom. The number of hydrogen-bond donors (Lipinski definition) is 0. The van der Waals surface area contributed by atoms with Crippen LogP contribution in [-0.2, 0) is 5.41 Å². The predicted octanol–water partition coefficient (Wildman–Crippen LogP) is 14.7. The molecule has 6 unspecified atom stereocenters. The summed E-state index contributed by atoms with van der Waals surface area (Å²) in [6, 6.07) is 50.7. The molecule has 6 aromatic carbocycles. The molecule has 6 aliphatic rings. The van der Waals surface area contributed by atoms with Crippen LogP contribution in [0.25, 0.3) is 56.3 Å². The first-order valence-corrected chi connectivity index (χ1v) is 21.9. The van der Waals surface area contributed by atoms with Crippen LogP contribution in [-0.4, -0.2) is 4.57 Å². The molecule has 1 heterocycles. The molecule has 1 heteroatoms. The Morgan fingerprint density at radius 3 is 1.98 bits per heavy atom. The number of allylic oxidation sites excluding steroid dienone is 6. The molecule has 1 fully saturated rings. The quantitative estimate of drug-likeness (QED) is 0.118. The van der Waals surface area contributed by atoms with E-state index >= 15 is 0 Å². The Hall–Kier alpha value is -5.92. The number of para-hydroxylation sites is 2. The van der Waals surface area contributed by atoms with Crippen LogP contribution in [0.4, 0.5) is 0 Å². The fourth-order valence-corrected chi connectivity index (χ4v) is 12.7. The second kappa shape index (κ2) is 13.0. The molecule has 7 aromatic rings. The lowest BCUT2D eigenvalue weighted by atomic mass is 9.46. The van der Waals surface area contributed by atoms with Crippen molar-refractivity contribution in [2.75, 3.05) is 0 Å². The molecule has 0 amide bonds. The van der Waals surface area contributed by atoms with Gasteiger partial charge in [-0.25, -0.2) is 0 Å². The molecule has 0 spiro atoms. The smallest absolute Gasteiger partial charge is 0.0541 e. The molecule has 1 saturated carbocycles. The minimum absolute atomic E-state index is 0.0285. The normalized spacial score (nSPS) is 24.4. The van der Waals surface area contributed by atoms with Crippen LogP contribution in [0.15, 0.2) is 164 Å². The summed E-state index contributed by atoms with van der Waals surface area (Å²) in [5.41, 5.74) is 17.9. The molecule has 1 aromatic heterocycles. The summed E-state index contributed by atoms with van der Waals surface area (Å²) < 4.78 is 2.46. The molecule has 6 atom stereocenters. The average Bonchev–Trinajstić information content (AvgIpc) is 3.77. The third-order valence-corrected chi connectivity index (χ3v) is 15.4. The number of fused-ring (bicyclic) bond motifs is 6. The Bertz CT molecular complexity index is 2850. The zero-order valence-electron chi connectivity index (χ0n) is 33.5. The highest BCUT2D eigenvalue weighted by atomic mass is 15.0. The van der Waals surface area contributed by atoms with Crippen molar-refractivity contribution in [2.24, 2.45) is 23.7 Å². The number of aromatic nitrogens is 1. The van der Waals surface area contributed by atoms with Crippen LogP contribution < -0.4 is 0 Å². The highest BCUT2D eigenvalue weighted by Crippen LogP contribution is 2.65. The first kappa shape index (κ1) is 34.1. The van der Waals surface area contributed by atoms with Crippen molar-refractivity contribution in [1.29, 1.82) is 0 Å². The molecule has 0 aliphatic heterocycles. The van der Waals surface area contributed by atoms with Gasteiger partial charge >= 0.3 is 0 Å². The van der Waals surface area contributed by atoms with E-state index in [2.05, 4.69) is 194 Å². The lowest BCUT2D eigenvalue weighted by molar-refractivity contribution is 0.0934. The van der Waals surface area contributed by atoms with E-state index in [1.807, 2.05) is 0 Å². The molecule has 1 nitrogen and oxygen atoms in total. The SMILES string of the molecule is CCC1(CC)c2cc(/C=C/c3ccc(C4=CC5C(C=C4)C4c6ccccc6C5C5C=CCCC54)cc3)ccc2-c2ccc(-n3c4ccccc4c4ccccc43)cc21. The summed E-state index contributed by atoms with van der Waals surface area (Å²) in [6.07, 6.45) is 22.0. The molecule has 0 radical (unpaired) electrons. The Kier molecular flexibility index (Phi) is 7.68. The summed E-state index contributed by atoms with van der Waals surface area (Å²) in [5.74, 6) is 3.84. The zero-order chi connectivity index (χ0) is 38.5. The molecule has 2 bridgehead atoms. The monoisotopic (exact) mass is 747 g/mol. The average molecular weight is 748 g/mol. The van der Waals surface area contributed by atoms with Gasteiger partial charge in [-0.2, -0.15) is 0 Å². The molecule has 282 valence electrons. The maximum absolute atomic E-state index is 2.64.